The highest BCUT2D eigenvalue weighted by Crippen LogP contribution is 2.22. The topological polar surface area (TPSA) is 66.5 Å². The molecule has 2 aromatic rings. The van der Waals surface area contributed by atoms with Crippen LogP contribution in [0.4, 0.5) is 5.69 Å². The monoisotopic (exact) mass is 374 g/mol. The third kappa shape index (κ3) is 4.85. The van der Waals surface area contributed by atoms with Gasteiger partial charge in [-0.3, -0.25) is 9.10 Å². The molecule has 2 aromatic carbocycles. The number of carbonyl (C=O) groups excluding carboxylic acids is 1. The summed E-state index contributed by atoms with van der Waals surface area (Å²) in [5, 5.41) is 2.98. The summed E-state index contributed by atoms with van der Waals surface area (Å²) in [4.78, 5) is 12.8. The summed E-state index contributed by atoms with van der Waals surface area (Å²) in [6.45, 7) is 5.60. The molecule has 0 aliphatic heterocycles. The summed E-state index contributed by atoms with van der Waals surface area (Å²) in [5.74, 6) is -0.327. The minimum absolute atomic E-state index is 0.164. The Bertz CT molecular complexity index is 833. The lowest BCUT2D eigenvalue weighted by Crippen LogP contribution is -2.48. The lowest BCUT2D eigenvalue weighted by molar-refractivity contribution is -0.122. The van der Waals surface area contributed by atoms with Gasteiger partial charge >= 0.3 is 0 Å². The molecule has 0 heterocycles. The summed E-state index contributed by atoms with van der Waals surface area (Å²) in [5.41, 5.74) is 2.63. The lowest BCUT2D eigenvalue weighted by atomic mass is 10.0. The van der Waals surface area contributed by atoms with Gasteiger partial charge in [-0.25, -0.2) is 8.42 Å². The van der Waals surface area contributed by atoms with Crippen LogP contribution < -0.4 is 9.62 Å². The van der Waals surface area contributed by atoms with Crippen LogP contribution in [0, 0.1) is 6.92 Å². The maximum absolute atomic E-state index is 12.8. The summed E-state index contributed by atoms with van der Waals surface area (Å²) in [7, 11) is -3.60. The number of rotatable bonds is 7. The van der Waals surface area contributed by atoms with Gasteiger partial charge in [0.05, 0.1) is 18.0 Å². The van der Waals surface area contributed by atoms with Crippen molar-refractivity contribution in [1.29, 1.82) is 0 Å². The highest BCUT2D eigenvalue weighted by molar-refractivity contribution is 7.92. The maximum atomic E-state index is 12.8. The average molecular weight is 375 g/mol. The molecule has 0 spiro atoms. The molecule has 0 bridgehead atoms. The first-order chi connectivity index (χ1) is 12.2. The van der Waals surface area contributed by atoms with Gasteiger partial charge in [0.2, 0.25) is 15.9 Å². The minimum atomic E-state index is -3.60. The van der Waals surface area contributed by atoms with E-state index >= 15 is 0 Å². The number of nitrogens with zero attached hydrogens (tertiary/aromatic N) is 1. The second kappa shape index (κ2) is 8.36. The lowest BCUT2D eigenvalue weighted by Gasteiger charge is -2.29. The van der Waals surface area contributed by atoms with E-state index in [9.17, 15) is 13.2 Å². The van der Waals surface area contributed by atoms with E-state index in [4.69, 9.17) is 0 Å². The first-order valence-electron chi connectivity index (χ1n) is 8.65. The highest BCUT2D eigenvalue weighted by Gasteiger charge is 2.30. The minimum Gasteiger partial charge on any atom is -0.347 e. The molecule has 2 atom stereocenters. The van der Waals surface area contributed by atoms with Gasteiger partial charge in [0.25, 0.3) is 0 Å². The molecule has 0 saturated carbocycles. The van der Waals surface area contributed by atoms with Crippen LogP contribution >= 0.6 is 0 Å². The van der Waals surface area contributed by atoms with E-state index in [2.05, 4.69) is 5.32 Å². The highest BCUT2D eigenvalue weighted by atomic mass is 32.2. The Morgan fingerprint density at radius 1 is 1.08 bits per heavy atom. The molecular weight excluding hydrogens is 348 g/mol. The number of anilines is 1. The molecule has 0 fully saturated rings. The quantitative estimate of drug-likeness (QED) is 0.807. The largest absolute Gasteiger partial charge is 0.347 e. The molecule has 0 unspecified atom stereocenters. The van der Waals surface area contributed by atoms with Gasteiger partial charge in [0.15, 0.2) is 0 Å². The van der Waals surface area contributed by atoms with E-state index in [1.54, 1.807) is 37.3 Å². The first kappa shape index (κ1) is 20.0. The Hall–Kier alpha value is -2.34. The fraction of sp³-hybridized carbons (Fsp3) is 0.350. The van der Waals surface area contributed by atoms with Crippen molar-refractivity contribution in [3.8, 4) is 0 Å². The molecule has 1 amide bonds. The van der Waals surface area contributed by atoms with Crippen LogP contribution in [0.15, 0.2) is 54.6 Å². The van der Waals surface area contributed by atoms with Crippen LogP contribution in [-0.4, -0.2) is 26.6 Å². The average Bonchev–Trinajstić information content (AvgIpc) is 2.60. The van der Waals surface area contributed by atoms with Crippen LogP contribution in [0.1, 0.15) is 37.4 Å². The van der Waals surface area contributed by atoms with E-state index in [-0.39, 0.29) is 11.9 Å². The van der Waals surface area contributed by atoms with Gasteiger partial charge in [0, 0.05) is 0 Å². The van der Waals surface area contributed by atoms with E-state index < -0.39 is 16.1 Å². The van der Waals surface area contributed by atoms with Gasteiger partial charge < -0.3 is 5.32 Å². The fourth-order valence-corrected chi connectivity index (χ4v) is 4.07. The number of carbonyl (C=O) groups is 1. The molecule has 0 aromatic heterocycles. The summed E-state index contributed by atoms with van der Waals surface area (Å²) >= 11 is 0. The van der Waals surface area contributed by atoms with Crippen molar-refractivity contribution < 1.29 is 13.2 Å². The number of nitrogens with one attached hydrogen (secondary N) is 1. The van der Waals surface area contributed by atoms with Crippen LogP contribution in [0.5, 0.6) is 0 Å². The Morgan fingerprint density at radius 2 is 1.65 bits per heavy atom. The molecule has 0 aliphatic carbocycles. The number of benzene rings is 2. The molecule has 1 N–H and O–H groups in total. The van der Waals surface area contributed by atoms with Crippen LogP contribution in [0.3, 0.4) is 0 Å². The number of hydrogen-bond donors (Lipinski definition) is 1. The second-order valence-electron chi connectivity index (χ2n) is 6.45. The number of aryl methyl sites for hydroxylation is 1. The Morgan fingerprint density at radius 3 is 2.15 bits per heavy atom. The van der Waals surface area contributed by atoms with Crippen molar-refractivity contribution in [2.45, 2.75) is 39.3 Å². The van der Waals surface area contributed by atoms with Crippen molar-refractivity contribution in [3.63, 3.8) is 0 Å². The zero-order valence-electron chi connectivity index (χ0n) is 15.6. The summed E-state index contributed by atoms with van der Waals surface area (Å²) < 4.78 is 25.7. The Balaban J connectivity index is 2.24. The van der Waals surface area contributed by atoms with E-state index in [1.807, 2.05) is 38.1 Å². The Labute approximate surface area is 156 Å². The molecule has 5 nitrogen and oxygen atoms in total. The fourth-order valence-electron chi connectivity index (χ4n) is 2.90. The van der Waals surface area contributed by atoms with Crippen molar-refractivity contribution in [2.75, 3.05) is 10.6 Å². The first-order valence-corrected chi connectivity index (χ1v) is 10.5. The molecule has 140 valence electrons. The molecule has 0 aliphatic rings. The number of para-hydroxylation sites is 1. The van der Waals surface area contributed by atoms with Crippen molar-refractivity contribution in [2.24, 2.45) is 0 Å². The SMILES string of the molecule is CC[C@@H](NC(=O)[C@@H](C)N(c1ccccc1)S(C)(=O)=O)c1ccc(C)cc1. The van der Waals surface area contributed by atoms with Gasteiger partial charge in [-0.1, -0.05) is 55.0 Å². The predicted octanol–water partition coefficient (Wildman–Crippen LogP) is 3.42. The van der Waals surface area contributed by atoms with Gasteiger partial charge in [-0.15, -0.1) is 0 Å². The predicted molar refractivity (Wildman–Crippen MR) is 106 cm³/mol. The standard InChI is InChI=1S/C20H26N2O3S/c1-5-19(17-13-11-15(2)12-14-17)21-20(23)16(3)22(26(4,24)25)18-9-7-6-8-10-18/h6-14,16,19H,5H2,1-4H3,(H,21,23)/t16-,19-/m1/s1. The molecule has 0 saturated heterocycles. The van der Waals surface area contributed by atoms with Gasteiger partial charge in [-0.2, -0.15) is 0 Å². The van der Waals surface area contributed by atoms with E-state index in [0.717, 1.165) is 21.7 Å². The molecule has 0 radical (unpaired) electrons. The maximum Gasteiger partial charge on any atom is 0.244 e. The second-order valence-corrected chi connectivity index (χ2v) is 8.31. The smallest absolute Gasteiger partial charge is 0.244 e. The van der Waals surface area contributed by atoms with Crippen LogP contribution in [-0.2, 0) is 14.8 Å². The van der Waals surface area contributed by atoms with Crippen molar-refractivity contribution in [1.82, 2.24) is 5.32 Å². The van der Waals surface area contributed by atoms with Gasteiger partial charge in [-0.05, 0) is 38.0 Å². The molecular formula is C20H26N2O3S. The summed E-state index contributed by atoms with van der Waals surface area (Å²) in [6.07, 6.45) is 1.83. The molecule has 6 heteroatoms. The summed E-state index contributed by atoms with van der Waals surface area (Å²) in [6, 6.07) is 15.6. The van der Waals surface area contributed by atoms with Crippen molar-refractivity contribution >= 4 is 21.6 Å². The van der Waals surface area contributed by atoms with Crippen molar-refractivity contribution in [3.05, 3.63) is 65.7 Å². The molecule has 2 rings (SSSR count). The van der Waals surface area contributed by atoms with E-state index in [1.165, 1.54) is 0 Å². The molecule has 26 heavy (non-hydrogen) atoms. The third-order valence-electron chi connectivity index (χ3n) is 4.30. The third-order valence-corrected chi connectivity index (χ3v) is 5.55. The van der Waals surface area contributed by atoms with E-state index in [0.29, 0.717) is 12.1 Å². The number of hydrogen-bond acceptors (Lipinski definition) is 3. The Kier molecular flexibility index (Phi) is 6.42. The zero-order chi connectivity index (χ0) is 19.3. The number of amides is 1. The zero-order valence-corrected chi connectivity index (χ0v) is 16.5. The van der Waals surface area contributed by atoms with Crippen LogP contribution in [0.2, 0.25) is 0 Å². The van der Waals surface area contributed by atoms with Crippen LogP contribution in [0.25, 0.3) is 0 Å². The normalized spacial score (nSPS) is 13.7. The van der Waals surface area contributed by atoms with Gasteiger partial charge in [0.1, 0.15) is 6.04 Å². The number of sulfonamides is 1.